The molecule has 1 aromatic heterocycles. The van der Waals surface area contributed by atoms with Crippen LogP contribution in [0.1, 0.15) is 16.7 Å². The van der Waals surface area contributed by atoms with Gasteiger partial charge in [0.25, 0.3) is 0 Å². The van der Waals surface area contributed by atoms with Gasteiger partial charge in [-0.2, -0.15) is 15.0 Å². The molecule has 4 rings (SSSR count). The fourth-order valence-electron chi connectivity index (χ4n) is 3.10. The van der Waals surface area contributed by atoms with E-state index in [4.69, 9.17) is 0 Å². The maximum Gasteiger partial charge on any atom is 0.243 e. The van der Waals surface area contributed by atoms with E-state index in [0.29, 0.717) is 11.9 Å². The molecule has 0 spiro atoms. The molecule has 0 saturated heterocycles. The molecule has 4 N–H and O–H groups in total. The normalized spacial score (nSPS) is 10.4. The summed E-state index contributed by atoms with van der Waals surface area (Å²) in [5, 5.41) is 12.2. The van der Waals surface area contributed by atoms with Crippen LogP contribution in [-0.2, 0) is 4.79 Å². The summed E-state index contributed by atoms with van der Waals surface area (Å²) in [6.07, 6.45) is 0. The van der Waals surface area contributed by atoms with Gasteiger partial charge in [-0.3, -0.25) is 4.79 Å². The fraction of sp³-hybridized carbons (Fsp3) is 0.154. The van der Waals surface area contributed by atoms with Crippen LogP contribution < -0.4 is 21.3 Å². The Labute approximate surface area is 198 Å². The van der Waals surface area contributed by atoms with Crippen molar-refractivity contribution in [2.75, 3.05) is 27.8 Å². The molecule has 0 aliphatic heterocycles. The van der Waals surface area contributed by atoms with Crippen LogP contribution in [0.3, 0.4) is 0 Å². The van der Waals surface area contributed by atoms with Crippen LogP contribution in [0.25, 0.3) is 0 Å². The van der Waals surface area contributed by atoms with Gasteiger partial charge in [-0.25, -0.2) is 0 Å². The SMILES string of the molecule is Cc1ccc(NC(=O)CNc2nc(Nc3ccc(C)cc3)nc(Nc3ccc(C)cc3)n2)cc1. The monoisotopic (exact) mass is 453 g/mol. The van der Waals surface area contributed by atoms with E-state index >= 15 is 0 Å². The van der Waals surface area contributed by atoms with Gasteiger partial charge in [-0.1, -0.05) is 53.1 Å². The van der Waals surface area contributed by atoms with Crippen LogP contribution in [0.15, 0.2) is 72.8 Å². The van der Waals surface area contributed by atoms with Crippen molar-refractivity contribution in [1.29, 1.82) is 0 Å². The van der Waals surface area contributed by atoms with Gasteiger partial charge in [-0.05, 0) is 57.2 Å². The third-order valence-electron chi connectivity index (χ3n) is 4.99. The van der Waals surface area contributed by atoms with E-state index in [1.54, 1.807) is 0 Å². The molecule has 0 aliphatic rings. The molecule has 34 heavy (non-hydrogen) atoms. The van der Waals surface area contributed by atoms with Crippen molar-refractivity contribution >= 4 is 40.8 Å². The molecule has 4 aromatic rings. The summed E-state index contributed by atoms with van der Waals surface area (Å²) in [7, 11) is 0. The highest BCUT2D eigenvalue weighted by molar-refractivity contribution is 5.93. The lowest BCUT2D eigenvalue weighted by Gasteiger charge is -2.12. The topological polar surface area (TPSA) is 104 Å². The summed E-state index contributed by atoms with van der Waals surface area (Å²) in [5.74, 6) is 0.786. The number of aromatic nitrogens is 3. The van der Waals surface area contributed by atoms with Gasteiger partial charge in [-0.15, -0.1) is 0 Å². The maximum absolute atomic E-state index is 12.4. The van der Waals surface area contributed by atoms with Crippen molar-refractivity contribution in [2.24, 2.45) is 0 Å². The van der Waals surface area contributed by atoms with E-state index in [1.165, 1.54) is 0 Å². The molecule has 172 valence electrons. The fourth-order valence-corrected chi connectivity index (χ4v) is 3.10. The molecule has 0 bridgehead atoms. The molecule has 8 nitrogen and oxygen atoms in total. The van der Waals surface area contributed by atoms with Gasteiger partial charge in [0, 0.05) is 17.1 Å². The van der Waals surface area contributed by atoms with Crippen LogP contribution in [0, 0.1) is 20.8 Å². The Bertz CT molecular complexity index is 1190. The second-order valence-electron chi connectivity index (χ2n) is 8.06. The zero-order chi connectivity index (χ0) is 23.9. The van der Waals surface area contributed by atoms with Crippen molar-refractivity contribution in [3.63, 3.8) is 0 Å². The maximum atomic E-state index is 12.4. The molecular weight excluding hydrogens is 426 g/mol. The quantitative estimate of drug-likeness (QED) is 0.286. The van der Waals surface area contributed by atoms with E-state index in [9.17, 15) is 4.79 Å². The second kappa shape index (κ2) is 10.4. The molecule has 8 heteroatoms. The zero-order valence-electron chi connectivity index (χ0n) is 19.4. The van der Waals surface area contributed by atoms with E-state index in [0.717, 1.165) is 33.8 Å². The second-order valence-corrected chi connectivity index (χ2v) is 8.06. The van der Waals surface area contributed by atoms with Crippen molar-refractivity contribution in [2.45, 2.75) is 20.8 Å². The molecule has 0 fully saturated rings. The van der Waals surface area contributed by atoms with Crippen LogP contribution in [0.2, 0.25) is 0 Å². The van der Waals surface area contributed by atoms with Gasteiger partial charge in [0.1, 0.15) is 0 Å². The standard InChI is InChI=1S/C26H27N7O/c1-17-4-10-20(11-5-17)28-23(34)16-27-24-31-25(29-21-12-6-18(2)7-13-21)33-26(32-24)30-22-14-8-19(3)9-15-22/h4-15H,16H2,1-3H3,(H,28,34)(H3,27,29,30,31,32,33). The first-order valence-electron chi connectivity index (χ1n) is 11.0. The highest BCUT2D eigenvalue weighted by Crippen LogP contribution is 2.19. The lowest BCUT2D eigenvalue weighted by molar-refractivity contribution is -0.114. The molecule has 1 heterocycles. The van der Waals surface area contributed by atoms with Crippen LogP contribution in [-0.4, -0.2) is 27.4 Å². The Morgan fingerprint density at radius 2 is 0.971 bits per heavy atom. The lowest BCUT2D eigenvalue weighted by atomic mass is 10.2. The Kier molecular flexibility index (Phi) is 6.98. The molecule has 0 radical (unpaired) electrons. The average molecular weight is 454 g/mol. The third kappa shape index (κ3) is 6.52. The third-order valence-corrected chi connectivity index (χ3v) is 4.99. The first-order valence-corrected chi connectivity index (χ1v) is 11.0. The summed E-state index contributed by atoms with van der Waals surface area (Å²) in [5.41, 5.74) is 5.87. The Morgan fingerprint density at radius 3 is 1.41 bits per heavy atom. The van der Waals surface area contributed by atoms with Crippen molar-refractivity contribution < 1.29 is 4.79 Å². The number of carbonyl (C=O) groups excluding carboxylic acids is 1. The van der Waals surface area contributed by atoms with Crippen LogP contribution in [0.5, 0.6) is 0 Å². The van der Waals surface area contributed by atoms with Crippen molar-refractivity contribution in [3.8, 4) is 0 Å². The van der Waals surface area contributed by atoms with E-state index in [-0.39, 0.29) is 18.4 Å². The summed E-state index contributed by atoms with van der Waals surface area (Å²) in [4.78, 5) is 25.8. The minimum absolute atomic E-state index is 0.00579. The number of nitrogens with zero attached hydrogens (tertiary/aromatic N) is 3. The van der Waals surface area contributed by atoms with Gasteiger partial charge < -0.3 is 21.3 Å². The van der Waals surface area contributed by atoms with Gasteiger partial charge in [0.05, 0.1) is 6.54 Å². The number of benzene rings is 3. The first kappa shape index (κ1) is 22.7. The van der Waals surface area contributed by atoms with Crippen LogP contribution in [0.4, 0.5) is 34.9 Å². The largest absolute Gasteiger partial charge is 0.345 e. The number of amides is 1. The number of hydrogen-bond donors (Lipinski definition) is 4. The summed E-state index contributed by atoms with van der Waals surface area (Å²) >= 11 is 0. The Morgan fingerprint density at radius 1 is 0.588 bits per heavy atom. The summed E-state index contributed by atoms with van der Waals surface area (Å²) in [6.45, 7) is 6.06. The minimum Gasteiger partial charge on any atom is -0.345 e. The molecule has 3 aromatic carbocycles. The van der Waals surface area contributed by atoms with Gasteiger partial charge in [0.2, 0.25) is 23.8 Å². The molecule has 1 amide bonds. The molecule has 0 atom stereocenters. The number of anilines is 6. The molecule has 0 aliphatic carbocycles. The van der Waals surface area contributed by atoms with Gasteiger partial charge in [0.15, 0.2) is 0 Å². The Hall–Kier alpha value is -4.46. The highest BCUT2D eigenvalue weighted by Gasteiger charge is 2.10. The molecule has 0 unspecified atom stereocenters. The van der Waals surface area contributed by atoms with Gasteiger partial charge >= 0.3 is 0 Å². The van der Waals surface area contributed by atoms with E-state index in [2.05, 4.69) is 36.2 Å². The zero-order valence-corrected chi connectivity index (χ0v) is 19.4. The van der Waals surface area contributed by atoms with Crippen LogP contribution >= 0.6 is 0 Å². The predicted octanol–water partition coefficient (Wildman–Crippen LogP) is 5.33. The smallest absolute Gasteiger partial charge is 0.243 e. The molecular formula is C26H27N7O. The molecule has 0 saturated carbocycles. The van der Waals surface area contributed by atoms with Crippen molar-refractivity contribution in [1.82, 2.24) is 15.0 Å². The van der Waals surface area contributed by atoms with E-state index < -0.39 is 0 Å². The summed E-state index contributed by atoms with van der Waals surface area (Å²) in [6, 6.07) is 23.4. The predicted molar refractivity (Wildman–Crippen MR) is 137 cm³/mol. The number of nitrogens with one attached hydrogen (secondary N) is 4. The highest BCUT2D eigenvalue weighted by atomic mass is 16.1. The minimum atomic E-state index is -0.203. The lowest BCUT2D eigenvalue weighted by Crippen LogP contribution is -2.23. The number of rotatable bonds is 8. The summed E-state index contributed by atoms with van der Waals surface area (Å²) < 4.78 is 0. The number of hydrogen-bond acceptors (Lipinski definition) is 7. The van der Waals surface area contributed by atoms with Crippen molar-refractivity contribution in [3.05, 3.63) is 89.5 Å². The first-order chi connectivity index (χ1) is 16.4. The van der Waals surface area contributed by atoms with E-state index in [1.807, 2.05) is 93.6 Å². The average Bonchev–Trinajstić information content (AvgIpc) is 2.82. The number of carbonyl (C=O) groups is 1. The number of aryl methyl sites for hydroxylation is 3. The Balaban J connectivity index is 1.50.